The first-order valence-electron chi connectivity index (χ1n) is 6.38. The van der Waals surface area contributed by atoms with Gasteiger partial charge in [-0.1, -0.05) is 0 Å². The van der Waals surface area contributed by atoms with E-state index in [0.717, 1.165) is 0 Å². The molecule has 20 heavy (non-hydrogen) atoms. The molecule has 0 aliphatic heterocycles. The fourth-order valence-corrected chi connectivity index (χ4v) is 1.85. The molecule has 6 heteroatoms. The van der Waals surface area contributed by atoms with Crippen molar-refractivity contribution in [3.05, 3.63) is 23.8 Å². The Morgan fingerprint density at radius 2 is 2.05 bits per heavy atom. The van der Waals surface area contributed by atoms with Crippen LogP contribution in [0.1, 0.15) is 16.8 Å². The number of hydrogen-bond donors (Lipinski definition) is 2. The van der Waals surface area contributed by atoms with Crippen molar-refractivity contribution in [2.75, 3.05) is 34.5 Å². The second-order valence-electron chi connectivity index (χ2n) is 4.27. The van der Waals surface area contributed by atoms with Crippen LogP contribution in [0.15, 0.2) is 18.2 Å². The van der Waals surface area contributed by atoms with E-state index in [4.69, 9.17) is 19.9 Å². The van der Waals surface area contributed by atoms with Crippen LogP contribution in [0.3, 0.4) is 0 Å². The van der Waals surface area contributed by atoms with E-state index in [-0.39, 0.29) is 11.9 Å². The first-order chi connectivity index (χ1) is 9.65. The second kappa shape index (κ2) is 8.39. The highest BCUT2D eigenvalue weighted by molar-refractivity contribution is 5.97. The Morgan fingerprint density at radius 3 is 2.60 bits per heavy atom. The van der Waals surface area contributed by atoms with Crippen LogP contribution >= 0.6 is 0 Å². The number of nitrogens with one attached hydrogen (secondary N) is 1. The van der Waals surface area contributed by atoms with Gasteiger partial charge in [0.1, 0.15) is 11.5 Å². The number of amides is 1. The van der Waals surface area contributed by atoms with Crippen molar-refractivity contribution >= 4 is 5.91 Å². The number of benzene rings is 1. The zero-order valence-electron chi connectivity index (χ0n) is 12.1. The van der Waals surface area contributed by atoms with E-state index < -0.39 is 0 Å². The SMILES string of the molecule is COCC(CCN)NC(=O)c1cc(OC)ccc1OC. The van der Waals surface area contributed by atoms with E-state index in [0.29, 0.717) is 36.6 Å². The summed E-state index contributed by atoms with van der Waals surface area (Å²) in [5.41, 5.74) is 5.95. The van der Waals surface area contributed by atoms with Crippen molar-refractivity contribution in [2.24, 2.45) is 5.73 Å². The largest absolute Gasteiger partial charge is 0.497 e. The van der Waals surface area contributed by atoms with Crippen molar-refractivity contribution in [1.82, 2.24) is 5.32 Å². The van der Waals surface area contributed by atoms with Gasteiger partial charge in [-0.3, -0.25) is 4.79 Å². The van der Waals surface area contributed by atoms with Crippen molar-refractivity contribution in [1.29, 1.82) is 0 Å². The third-order valence-corrected chi connectivity index (χ3v) is 2.87. The number of ether oxygens (including phenoxy) is 3. The van der Waals surface area contributed by atoms with Gasteiger partial charge in [-0.25, -0.2) is 0 Å². The fraction of sp³-hybridized carbons (Fsp3) is 0.500. The number of methoxy groups -OCH3 is 3. The van der Waals surface area contributed by atoms with Crippen molar-refractivity contribution < 1.29 is 19.0 Å². The maximum absolute atomic E-state index is 12.3. The third kappa shape index (κ3) is 4.40. The molecule has 0 aliphatic carbocycles. The van der Waals surface area contributed by atoms with Crippen LogP contribution in [0.4, 0.5) is 0 Å². The molecule has 6 nitrogen and oxygen atoms in total. The third-order valence-electron chi connectivity index (χ3n) is 2.87. The standard InChI is InChI=1S/C14H22N2O4/c1-18-9-10(6-7-15)16-14(17)12-8-11(19-2)4-5-13(12)20-3/h4-5,8,10H,6-7,9,15H2,1-3H3,(H,16,17). The van der Waals surface area contributed by atoms with E-state index >= 15 is 0 Å². The van der Waals surface area contributed by atoms with Crippen LogP contribution in [0.5, 0.6) is 11.5 Å². The molecule has 112 valence electrons. The second-order valence-corrected chi connectivity index (χ2v) is 4.27. The number of carbonyl (C=O) groups excluding carboxylic acids is 1. The maximum atomic E-state index is 12.3. The topological polar surface area (TPSA) is 82.8 Å². The highest BCUT2D eigenvalue weighted by Crippen LogP contribution is 2.23. The lowest BCUT2D eigenvalue weighted by atomic mass is 10.1. The van der Waals surface area contributed by atoms with Gasteiger partial charge in [0.05, 0.1) is 32.4 Å². The summed E-state index contributed by atoms with van der Waals surface area (Å²) in [6.45, 7) is 0.888. The molecular formula is C14H22N2O4. The molecule has 0 saturated heterocycles. The average molecular weight is 282 g/mol. The minimum absolute atomic E-state index is 0.131. The fourth-order valence-electron chi connectivity index (χ4n) is 1.85. The van der Waals surface area contributed by atoms with Gasteiger partial charge in [-0.05, 0) is 31.2 Å². The molecule has 0 bridgehead atoms. The summed E-state index contributed by atoms with van der Waals surface area (Å²) in [6.07, 6.45) is 0.645. The molecule has 0 aliphatic rings. The highest BCUT2D eigenvalue weighted by atomic mass is 16.5. The Kier molecular flexibility index (Phi) is 6.83. The molecule has 1 atom stereocenters. The number of nitrogens with two attached hydrogens (primary N) is 1. The summed E-state index contributed by atoms with van der Waals surface area (Å²) in [5, 5.41) is 2.88. The summed E-state index contributed by atoms with van der Waals surface area (Å²) in [6, 6.07) is 4.94. The number of hydrogen-bond acceptors (Lipinski definition) is 5. The van der Waals surface area contributed by atoms with E-state index in [1.807, 2.05) is 0 Å². The molecule has 0 saturated carbocycles. The predicted molar refractivity (Wildman–Crippen MR) is 76.3 cm³/mol. The van der Waals surface area contributed by atoms with Crippen LogP contribution in [0, 0.1) is 0 Å². The monoisotopic (exact) mass is 282 g/mol. The van der Waals surface area contributed by atoms with Gasteiger partial charge in [-0.2, -0.15) is 0 Å². The molecule has 1 aromatic carbocycles. The lowest BCUT2D eigenvalue weighted by Gasteiger charge is -2.18. The lowest BCUT2D eigenvalue weighted by Crippen LogP contribution is -2.39. The zero-order valence-corrected chi connectivity index (χ0v) is 12.1. The molecule has 1 aromatic rings. The molecule has 0 radical (unpaired) electrons. The van der Waals surface area contributed by atoms with E-state index in [1.54, 1.807) is 32.4 Å². The molecule has 0 aromatic heterocycles. The van der Waals surface area contributed by atoms with Gasteiger partial charge >= 0.3 is 0 Å². The van der Waals surface area contributed by atoms with E-state index in [9.17, 15) is 4.79 Å². The number of carbonyl (C=O) groups is 1. The van der Waals surface area contributed by atoms with Gasteiger partial charge < -0.3 is 25.3 Å². The van der Waals surface area contributed by atoms with Crippen LogP contribution < -0.4 is 20.5 Å². The van der Waals surface area contributed by atoms with Gasteiger partial charge in [0, 0.05) is 7.11 Å². The van der Waals surface area contributed by atoms with Crippen LogP contribution in [-0.2, 0) is 4.74 Å². The first-order valence-corrected chi connectivity index (χ1v) is 6.38. The minimum Gasteiger partial charge on any atom is -0.497 e. The Morgan fingerprint density at radius 1 is 1.30 bits per heavy atom. The maximum Gasteiger partial charge on any atom is 0.255 e. The predicted octanol–water partition coefficient (Wildman–Crippen LogP) is 0.797. The zero-order chi connectivity index (χ0) is 15.0. The molecule has 0 fully saturated rings. The van der Waals surface area contributed by atoms with Crippen LogP contribution in [0.2, 0.25) is 0 Å². The van der Waals surface area contributed by atoms with Crippen molar-refractivity contribution in [3.63, 3.8) is 0 Å². The first kappa shape index (κ1) is 16.3. The number of rotatable bonds is 8. The Hall–Kier alpha value is -1.79. The van der Waals surface area contributed by atoms with Crippen molar-refractivity contribution in [2.45, 2.75) is 12.5 Å². The normalized spacial score (nSPS) is 11.8. The van der Waals surface area contributed by atoms with E-state index in [2.05, 4.69) is 5.32 Å². The Balaban J connectivity index is 2.88. The van der Waals surface area contributed by atoms with Crippen LogP contribution in [-0.4, -0.2) is 46.4 Å². The summed E-state index contributed by atoms with van der Waals surface area (Å²) in [4.78, 5) is 12.3. The lowest BCUT2D eigenvalue weighted by molar-refractivity contribution is 0.0890. The van der Waals surface area contributed by atoms with Crippen molar-refractivity contribution in [3.8, 4) is 11.5 Å². The summed E-state index contributed by atoms with van der Waals surface area (Å²) in [5.74, 6) is 0.849. The molecule has 3 N–H and O–H groups in total. The average Bonchev–Trinajstić information content (AvgIpc) is 2.47. The highest BCUT2D eigenvalue weighted by Gasteiger charge is 2.17. The molecule has 1 amide bonds. The van der Waals surface area contributed by atoms with Gasteiger partial charge in [0.15, 0.2) is 0 Å². The summed E-state index contributed by atoms with van der Waals surface area (Å²) in [7, 11) is 4.65. The molecule has 1 unspecified atom stereocenters. The quantitative estimate of drug-likeness (QED) is 0.737. The minimum atomic E-state index is -0.240. The smallest absolute Gasteiger partial charge is 0.255 e. The van der Waals surface area contributed by atoms with Gasteiger partial charge in [0.25, 0.3) is 5.91 Å². The van der Waals surface area contributed by atoms with Crippen LogP contribution in [0.25, 0.3) is 0 Å². The molecule has 0 spiro atoms. The summed E-state index contributed by atoms with van der Waals surface area (Å²) < 4.78 is 15.4. The summed E-state index contributed by atoms with van der Waals surface area (Å²) >= 11 is 0. The molecular weight excluding hydrogens is 260 g/mol. The molecule has 0 heterocycles. The molecule has 1 rings (SSSR count). The Labute approximate surface area is 119 Å². The van der Waals surface area contributed by atoms with Gasteiger partial charge in [-0.15, -0.1) is 0 Å². The van der Waals surface area contributed by atoms with Gasteiger partial charge in [0.2, 0.25) is 0 Å². The Bertz CT molecular complexity index is 431. The van der Waals surface area contributed by atoms with E-state index in [1.165, 1.54) is 7.11 Å².